The summed E-state index contributed by atoms with van der Waals surface area (Å²) in [6.45, 7) is 4.54. The summed E-state index contributed by atoms with van der Waals surface area (Å²) in [7, 11) is 0. The third-order valence-electron chi connectivity index (χ3n) is 5.68. The fourth-order valence-corrected chi connectivity index (χ4v) is 4.17. The minimum Gasteiger partial charge on any atom is -0.393 e. The van der Waals surface area contributed by atoms with Crippen LogP contribution in [0, 0.1) is 11.8 Å². The lowest BCUT2D eigenvalue weighted by molar-refractivity contribution is 0.0342. The van der Waals surface area contributed by atoms with Crippen LogP contribution in [0.3, 0.4) is 0 Å². The van der Waals surface area contributed by atoms with E-state index in [1.165, 1.54) is 5.56 Å². The summed E-state index contributed by atoms with van der Waals surface area (Å²) < 4.78 is 5.41. The maximum Gasteiger partial charge on any atom is 0.131 e. The van der Waals surface area contributed by atoms with Crippen molar-refractivity contribution in [2.45, 2.75) is 44.4 Å². The molecule has 6 heteroatoms. The molecule has 0 radical (unpaired) electrons. The van der Waals surface area contributed by atoms with Gasteiger partial charge in [-0.25, -0.2) is 4.98 Å². The van der Waals surface area contributed by atoms with E-state index in [0.717, 1.165) is 75.3 Å². The quantitative estimate of drug-likeness (QED) is 0.578. The first-order valence-corrected chi connectivity index (χ1v) is 11.0. The second-order valence-electron chi connectivity index (χ2n) is 8.05. The summed E-state index contributed by atoms with van der Waals surface area (Å²) in [5, 5.41) is 13.9. The zero-order valence-corrected chi connectivity index (χ0v) is 17.9. The van der Waals surface area contributed by atoms with Gasteiger partial charge >= 0.3 is 0 Å². The molecule has 158 valence electrons. The Morgan fingerprint density at radius 2 is 1.97 bits per heavy atom. The Balaban J connectivity index is 1.44. The van der Waals surface area contributed by atoms with Gasteiger partial charge in [0, 0.05) is 37.4 Å². The van der Waals surface area contributed by atoms with E-state index >= 15 is 0 Å². The molecule has 4 rings (SSSR count). The number of anilines is 1. The van der Waals surface area contributed by atoms with Gasteiger partial charge in [-0.15, -0.1) is 0 Å². The van der Waals surface area contributed by atoms with Gasteiger partial charge in [0.15, 0.2) is 0 Å². The highest BCUT2D eigenvalue weighted by Gasteiger charge is 2.20. The van der Waals surface area contributed by atoms with Crippen molar-refractivity contribution in [2.24, 2.45) is 0 Å². The third kappa shape index (κ3) is 5.96. The predicted molar refractivity (Wildman–Crippen MR) is 120 cm³/mol. The van der Waals surface area contributed by atoms with Gasteiger partial charge in [0.2, 0.25) is 0 Å². The van der Waals surface area contributed by atoms with Crippen molar-refractivity contribution in [1.29, 1.82) is 0 Å². The third-order valence-corrected chi connectivity index (χ3v) is 5.89. The topological polar surface area (TPSA) is 57.6 Å². The minimum atomic E-state index is -0.237. The molecule has 1 aromatic heterocycles. The number of morpholine rings is 1. The van der Waals surface area contributed by atoms with Crippen LogP contribution < -0.4 is 5.32 Å². The molecule has 1 saturated carbocycles. The van der Waals surface area contributed by atoms with E-state index in [9.17, 15) is 5.11 Å². The lowest BCUT2D eigenvalue weighted by atomic mass is 9.93. The highest BCUT2D eigenvalue weighted by molar-refractivity contribution is 6.29. The van der Waals surface area contributed by atoms with Gasteiger partial charge in [0.05, 0.1) is 30.6 Å². The SMILES string of the molecule is O[C@@H]1CCC[C@H](Nc2cc(Cl)ncc2C#Cc2ccc(CN3CCOCC3)cc2)C1. The molecule has 1 aliphatic carbocycles. The average molecular weight is 426 g/mol. The molecule has 2 aromatic rings. The summed E-state index contributed by atoms with van der Waals surface area (Å²) in [6, 6.07) is 10.5. The zero-order valence-electron chi connectivity index (χ0n) is 17.1. The largest absolute Gasteiger partial charge is 0.393 e. The van der Waals surface area contributed by atoms with Crippen LogP contribution in [-0.2, 0) is 11.3 Å². The number of pyridine rings is 1. The first-order chi connectivity index (χ1) is 14.7. The molecular weight excluding hydrogens is 398 g/mol. The molecule has 0 unspecified atom stereocenters. The molecule has 2 aliphatic rings. The molecule has 2 atom stereocenters. The molecule has 0 bridgehead atoms. The standard InChI is InChI=1S/C24H28ClN3O2/c25-24-15-23(27-21-2-1-3-22(29)14-21)20(16-26-24)9-8-18-4-6-19(7-5-18)17-28-10-12-30-13-11-28/h4-7,15-16,21-22,29H,1-3,10-14,17H2,(H,26,27)/t21-,22+/m0/s1. The van der Waals surface area contributed by atoms with Gasteiger partial charge in [-0.05, 0) is 49.4 Å². The molecular formula is C24H28ClN3O2. The Bertz CT molecular complexity index is 901. The molecule has 2 N–H and O–H groups in total. The maximum absolute atomic E-state index is 9.94. The Kier molecular flexibility index (Phi) is 7.24. The van der Waals surface area contributed by atoms with Crippen molar-refractivity contribution in [3.8, 4) is 11.8 Å². The Morgan fingerprint density at radius 3 is 2.73 bits per heavy atom. The summed E-state index contributed by atoms with van der Waals surface area (Å²) in [5.74, 6) is 6.48. The first kappa shape index (κ1) is 21.1. The molecule has 1 saturated heterocycles. The van der Waals surface area contributed by atoms with Gasteiger partial charge in [0.1, 0.15) is 5.15 Å². The summed E-state index contributed by atoms with van der Waals surface area (Å²) in [4.78, 5) is 6.60. The molecule has 1 aromatic carbocycles. The number of halogens is 1. The number of aliphatic hydroxyl groups is 1. The molecule has 1 aliphatic heterocycles. The first-order valence-electron chi connectivity index (χ1n) is 10.7. The second kappa shape index (κ2) is 10.3. The highest BCUT2D eigenvalue weighted by Crippen LogP contribution is 2.25. The van der Waals surface area contributed by atoms with E-state index in [1.807, 2.05) is 6.07 Å². The summed E-state index contributed by atoms with van der Waals surface area (Å²) >= 11 is 6.12. The molecule has 0 amide bonds. The Morgan fingerprint density at radius 1 is 1.17 bits per heavy atom. The lowest BCUT2D eigenvalue weighted by Gasteiger charge is -2.27. The summed E-state index contributed by atoms with van der Waals surface area (Å²) in [5.41, 5.74) is 3.95. The van der Waals surface area contributed by atoms with Gasteiger partial charge in [-0.2, -0.15) is 0 Å². The molecule has 0 spiro atoms. The number of nitrogens with zero attached hydrogens (tertiary/aromatic N) is 2. The van der Waals surface area contributed by atoms with E-state index in [2.05, 4.69) is 51.3 Å². The highest BCUT2D eigenvalue weighted by atomic mass is 35.5. The van der Waals surface area contributed by atoms with Crippen LogP contribution in [0.4, 0.5) is 5.69 Å². The zero-order chi connectivity index (χ0) is 20.8. The number of aliphatic hydroxyl groups excluding tert-OH is 1. The number of ether oxygens (including phenoxy) is 1. The number of hydrogen-bond acceptors (Lipinski definition) is 5. The van der Waals surface area contributed by atoms with Crippen molar-refractivity contribution >= 4 is 17.3 Å². The number of nitrogens with one attached hydrogen (secondary N) is 1. The van der Waals surface area contributed by atoms with Crippen molar-refractivity contribution < 1.29 is 9.84 Å². The van der Waals surface area contributed by atoms with E-state index in [1.54, 1.807) is 6.20 Å². The Hall–Kier alpha value is -2.10. The van der Waals surface area contributed by atoms with Gasteiger partial charge in [-0.1, -0.05) is 35.6 Å². The average Bonchev–Trinajstić information content (AvgIpc) is 2.75. The molecule has 2 fully saturated rings. The Labute approximate surface area is 183 Å². The minimum absolute atomic E-state index is 0.229. The van der Waals surface area contributed by atoms with Crippen LogP contribution in [0.2, 0.25) is 5.15 Å². The predicted octanol–water partition coefficient (Wildman–Crippen LogP) is 3.68. The van der Waals surface area contributed by atoms with Gasteiger partial charge in [0.25, 0.3) is 0 Å². The number of hydrogen-bond donors (Lipinski definition) is 2. The van der Waals surface area contributed by atoms with Crippen molar-refractivity contribution in [1.82, 2.24) is 9.88 Å². The van der Waals surface area contributed by atoms with Crippen molar-refractivity contribution in [2.75, 3.05) is 31.6 Å². The second-order valence-corrected chi connectivity index (χ2v) is 8.44. The van der Waals surface area contributed by atoms with E-state index < -0.39 is 0 Å². The number of benzene rings is 1. The summed E-state index contributed by atoms with van der Waals surface area (Å²) in [6.07, 6.45) is 5.16. The normalized spacial score (nSPS) is 22.2. The van der Waals surface area contributed by atoms with Gasteiger partial charge < -0.3 is 15.2 Å². The number of rotatable bonds is 4. The van der Waals surface area contributed by atoms with Crippen LogP contribution in [0.25, 0.3) is 0 Å². The monoisotopic (exact) mass is 425 g/mol. The van der Waals surface area contributed by atoms with Crippen LogP contribution >= 0.6 is 11.6 Å². The fourth-order valence-electron chi connectivity index (χ4n) is 4.01. The van der Waals surface area contributed by atoms with Crippen LogP contribution in [-0.4, -0.2) is 53.4 Å². The fraction of sp³-hybridized carbons (Fsp3) is 0.458. The van der Waals surface area contributed by atoms with Crippen LogP contribution in [0.15, 0.2) is 36.5 Å². The van der Waals surface area contributed by atoms with E-state index in [-0.39, 0.29) is 12.1 Å². The maximum atomic E-state index is 9.94. The van der Waals surface area contributed by atoms with Crippen molar-refractivity contribution in [3.05, 3.63) is 58.4 Å². The lowest BCUT2D eigenvalue weighted by Crippen LogP contribution is -2.35. The van der Waals surface area contributed by atoms with Crippen molar-refractivity contribution in [3.63, 3.8) is 0 Å². The molecule has 5 nitrogen and oxygen atoms in total. The van der Waals surface area contributed by atoms with Crippen LogP contribution in [0.5, 0.6) is 0 Å². The molecule has 2 heterocycles. The van der Waals surface area contributed by atoms with Gasteiger partial charge in [-0.3, -0.25) is 4.90 Å². The number of aromatic nitrogens is 1. The van der Waals surface area contributed by atoms with E-state index in [0.29, 0.717) is 5.15 Å². The molecule has 30 heavy (non-hydrogen) atoms. The van der Waals surface area contributed by atoms with E-state index in [4.69, 9.17) is 16.3 Å². The smallest absolute Gasteiger partial charge is 0.131 e. The van der Waals surface area contributed by atoms with Crippen LogP contribution in [0.1, 0.15) is 42.4 Å².